The summed E-state index contributed by atoms with van der Waals surface area (Å²) in [5, 5.41) is 2.90. The smallest absolute Gasteiger partial charge is 0.234 e. The highest BCUT2D eigenvalue weighted by Gasteiger charge is 2.05. The lowest BCUT2D eigenvalue weighted by Crippen LogP contribution is -2.14. The molecule has 0 fully saturated rings. The van der Waals surface area contributed by atoms with Crippen LogP contribution >= 0.6 is 11.8 Å². The molecule has 0 aromatic heterocycles. The molecule has 0 aliphatic carbocycles. The van der Waals surface area contributed by atoms with Crippen LogP contribution in [0.1, 0.15) is 5.56 Å². The van der Waals surface area contributed by atoms with E-state index in [1.54, 1.807) is 0 Å². The number of aryl methyl sites for hydroxylation is 1. The van der Waals surface area contributed by atoms with Crippen molar-refractivity contribution in [3.8, 4) is 0 Å². The number of benzene rings is 2. The molecule has 98 valence electrons. The first kappa shape index (κ1) is 13.5. The molecule has 2 aromatic rings. The number of hydrogen-bond acceptors (Lipinski definition) is 3. The molecule has 0 spiro atoms. The minimum Gasteiger partial charge on any atom is -0.399 e. The van der Waals surface area contributed by atoms with Crippen LogP contribution in [0.3, 0.4) is 0 Å². The Balaban J connectivity index is 1.90. The molecule has 0 radical (unpaired) electrons. The average Bonchev–Trinajstić information content (AvgIpc) is 2.39. The number of anilines is 2. The van der Waals surface area contributed by atoms with Crippen LogP contribution in [0.4, 0.5) is 11.4 Å². The highest BCUT2D eigenvalue weighted by molar-refractivity contribution is 8.00. The summed E-state index contributed by atoms with van der Waals surface area (Å²) in [5.74, 6) is 0.361. The summed E-state index contributed by atoms with van der Waals surface area (Å²) >= 11 is 1.48. The number of thioether (sulfide) groups is 1. The summed E-state index contributed by atoms with van der Waals surface area (Å²) in [6.45, 7) is 1.97. The summed E-state index contributed by atoms with van der Waals surface area (Å²) in [6.07, 6.45) is 0. The van der Waals surface area contributed by atoms with E-state index in [-0.39, 0.29) is 5.91 Å². The van der Waals surface area contributed by atoms with E-state index < -0.39 is 0 Å². The van der Waals surface area contributed by atoms with Gasteiger partial charge in [0, 0.05) is 16.3 Å². The lowest BCUT2D eigenvalue weighted by molar-refractivity contribution is -0.113. The van der Waals surface area contributed by atoms with Gasteiger partial charge in [-0.25, -0.2) is 0 Å². The first-order valence-electron chi connectivity index (χ1n) is 5.99. The first-order valence-corrected chi connectivity index (χ1v) is 6.97. The molecule has 19 heavy (non-hydrogen) atoms. The molecule has 0 unspecified atom stereocenters. The third-order valence-electron chi connectivity index (χ3n) is 2.65. The van der Waals surface area contributed by atoms with Gasteiger partial charge in [0.2, 0.25) is 5.91 Å². The van der Waals surface area contributed by atoms with Crippen LogP contribution in [0.15, 0.2) is 53.4 Å². The van der Waals surface area contributed by atoms with Crippen LogP contribution < -0.4 is 11.1 Å². The molecular weight excluding hydrogens is 256 g/mol. The normalized spacial score (nSPS) is 10.2. The minimum absolute atomic E-state index is 0.0123. The molecular formula is C15H16N2OS. The molecule has 0 heterocycles. The van der Waals surface area contributed by atoms with E-state index >= 15 is 0 Å². The largest absolute Gasteiger partial charge is 0.399 e. The van der Waals surface area contributed by atoms with Gasteiger partial charge in [-0.2, -0.15) is 0 Å². The van der Waals surface area contributed by atoms with Gasteiger partial charge >= 0.3 is 0 Å². The molecule has 0 saturated heterocycles. The average molecular weight is 272 g/mol. The minimum atomic E-state index is -0.0123. The van der Waals surface area contributed by atoms with Gasteiger partial charge in [0.25, 0.3) is 0 Å². The van der Waals surface area contributed by atoms with Gasteiger partial charge in [-0.05, 0) is 36.8 Å². The van der Waals surface area contributed by atoms with Crippen molar-refractivity contribution in [3.05, 3.63) is 54.1 Å². The molecule has 0 aliphatic heterocycles. The fraction of sp³-hybridized carbons (Fsp3) is 0.133. The molecule has 0 bridgehead atoms. The standard InChI is InChI=1S/C15H16N2OS/c1-11-5-2-3-8-14(11)17-15(18)10-19-13-7-4-6-12(16)9-13/h2-9H,10,16H2,1H3,(H,17,18). The number of carbonyl (C=O) groups is 1. The highest BCUT2D eigenvalue weighted by Crippen LogP contribution is 2.21. The number of nitrogens with two attached hydrogens (primary N) is 1. The number of rotatable bonds is 4. The zero-order valence-electron chi connectivity index (χ0n) is 10.7. The van der Waals surface area contributed by atoms with Crippen LogP contribution in [0.5, 0.6) is 0 Å². The van der Waals surface area contributed by atoms with Gasteiger partial charge in [-0.1, -0.05) is 24.3 Å². The zero-order chi connectivity index (χ0) is 13.7. The van der Waals surface area contributed by atoms with E-state index in [9.17, 15) is 4.79 Å². The van der Waals surface area contributed by atoms with Gasteiger partial charge < -0.3 is 11.1 Å². The van der Waals surface area contributed by atoms with Gasteiger partial charge in [-0.3, -0.25) is 4.79 Å². The molecule has 2 rings (SSSR count). The lowest BCUT2D eigenvalue weighted by Gasteiger charge is -2.08. The Bertz CT molecular complexity index is 584. The maximum Gasteiger partial charge on any atom is 0.234 e. The second-order valence-corrected chi connectivity index (χ2v) is 5.27. The molecule has 4 heteroatoms. The van der Waals surface area contributed by atoms with Crippen LogP contribution in [0, 0.1) is 6.92 Å². The third-order valence-corrected chi connectivity index (χ3v) is 3.64. The van der Waals surface area contributed by atoms with E-state index in [4.69, 9.17) is 5.73 Å². The van der Waals surface area contributed by atoms with E-state index in [1.807, 2.05) is 55.5 Å². The number of nitrogens with one attached hydrogen (secondary N) is 1. The lowest BCUT2D eigenvalue weighted by atomic mass is 10.2. The van der Waals surface area contributed by atoms with Crippen molar-refractivity contribution in [1.29, 1.82) is 0 Å². The number of carbonyl (C=O) groups excluding carboxylic acids is 1. The predicted molar refractivity (Wildman–Crippen MR) is 81.4 cm³/mol. The SMILES string of the molecule is Cc1ccccc1NC(=O)CSc1cccc(N)c1. The van der Waals surface area contributed by atoms with Crippen molar-refractivity contribution in [3.63, 3.8) is 0 Å². The van der Waals surface area contributed by atoms with E-state index in [1.165, 1.54) is 11.8 Å². The Morgan fingerprint density at radius 2 is 2.00 bits per heavy atom. The summed E-state index contributed by atoms with van der Waals surface area (Å²) in [4.78, 5) is 12.9. The molecule has 0 atom stereocenters. The summed E-state index contributed by atoms with van der Waals surface area (Å²) in [6, 6.07) is 15.3. The maximum absolute atomic E-state index is 11.9. The van der Waals surface area contributed by atoms with Crippen molar-refractivity contribution < 1.29 is 4.79 Å². The molecule has 2 aromatic carbocycles. The van der Waals surface area contributed by atoms with E-state index in [2.05, 4.69) is 5.32 Å². The van der Waals surface area contributed by atoms with Gasteiger partial charge in [0.05, 0.1) is 5.75 Å². The molecule has 3 N–H and O–H groups in total. The summed E-state index contributed by atoms with van der Waals surface area (Å²) < 4.78 is 0. The monoisotopic (exact) mass is 272 g/mol. The van der Waals surface area contributed by atoms with E-state index in [0.717, 1.165) is 16.1 Å². The Labute approximate surface area is 117 Å². The van der Waals surface area contributed by atoms with Gasteiger partial charge in [0.15, 0.2) is 0 Å². The van der Waals surface area contributed by atoms with Crippen molar-refractivity contribution >= 4 is 29.0 Å². The van der Waals surface area contributed by atoms with Crippen LogP contribution in [0.25, 0.3) is 0 Å². The van der Waals surface area contributed by atoms with Crippen molar-refractivity contribution in [2.45, 2.75) is 11.8 Å². The number of nitrogen functional groups attached to an aromatic ring is 1. The van der Waals surface area contributed by atoms with Crippen LogP contribution in [-0.2, 0) is 4.79 Å². The maximum atomic E-state index is 11.9. The molecule has 1 amide bonds. The van der Waals surface area contributed by atoms with Crippen LogP contribution in [-0.4, -0.2) is 11.7 Å². The van der Waals surface area contributed by atoms with Crippen molar-refractivity contribution in [2.75, 3.05) is 16.8 Å². The zero-order valence-corrected chi connectivity index (χ0v) is 11.5. The fourth-order valence-electron chi connectivity index (χ4n) is 1.65. The molecule has 0 aliphatic rings. The molecule has 0 saturated carbocycles. The second-order valence-electron chi connectivity index (χ2n) is 4.22. The Hall–Kier alpha value is -1.94. The van der Waals surface area contributed by atoms with Crippen molar-refractivity contribution in [2.24, 2.45) is 0 Å². The number of hydrogen-bond donors (Lipinski definition) is 2. The number of amides is 1. The van der Waals surface area contributed by atoms with Crippen molar-refractivity contribution in [1.82, 2.24) is 0 Å². The predicted octanol–water partition coefficient (Wildman–Crippen LogP) is 3.31. The molecule has 3 nitrogen and oxygen atoms in total. The fourth-order valence-corrected chi connectivity index (χ4v) is 2.42. The van der Waals surface area contributed by atoms with Gasteiger partial charge in [0.1, 0.15) is 0 Å². The Kier molecular flexibility index (Phi) is 4.47. The van der Waals surface area contributed by atoms with Crippen LogP contribution in [0.2, 0.25) is 0 Å². The Morgan fingerprint density at radius 3 is 2.74 bits per heavy atom. The highest BCUT2D eigenvalue weighted by atomic mass is 32.2. The van der Waals surface area contributed by atoms with E-state index in [0.29, 0.717) is 11.4 Å². The summed E-state index contributed by atoms with van der Waals surface area (Å²) in [5.41, 5.74) is 8.33. The number of para-hydroxylation sites is 1. The summed E-state index contributed by atoms with van der Waals surface area (Å²) in [7, 11) is 0. The van der Waals surface area contributed by atoms with Gasteiger partial charge in [-0.15, -0.1) is 11.8 Å². The third kappa shape index (κ3) is 4.03. The second kappa shape index (κ2) is 6.29. The quantitative estimate of drug-likeness (QED) is 0.663. The topological polar surface area (TPSA) is 55.1 Å². The first-order chi connectivity index (χ1) is 9.15. The Morgan fingerprint density at radius 1 is 1.21 bits per heavy atom.